The van der Waals surface area contributed by atoms with Crippen LogP contribution in [0.25, 0.3) is 0 Å². The normalized spacial score (nSPS) is 23.9. The van der Waals surface area contributed by atoms with Crippen molar-refractivity contribution in [3.05, 3.63) is 6.20 Å². The maximum Gasteiger partial charge on any atom is 0.246 e. The maximum atomic E-state index is 12.4. The SMILES string of the molecule is CCCn1cc(S(=O)(=O)NC2CCCC(C)C2)c(N)n1. The third kappa shape index (κ3) is 3.52. The Balaban J connectivity index is 2.13. The van der Waals surface area contributed by atoms with Gasteiger partial charge in [0.25, 0.3) is 0 Å². The van der Waals surface area contributed by atoms with E-state index in [4.69, 9.17) is 5.73 Å². The highest BCUT2D eigenvalue weighted by Crippen LogP contribution is 2.25. The third-order valence-electron chi connectivity index (χ3n) is 3.76. The zero-order valence-electron chi connectivity index (χ0n) is 12.2. The molecule has 0 saturated heterocycles. The van der Waals surface area contributed by atoms with Gasteiger partial charge in [0.1, 0.15) is 4.90 Å². The minimum Gasteiger partial charge on any atom is -0.381 e. The lowest BCUT2D eigenvalue weighted by Crippen LogP contribution is -2.38. The summed E-state index contributed by atoms with van der Waals surface area (Å²) in [4.78, 5) is 0.101. The molecule has 1 aromatic heterocycles. The topological polar surface area (TPSA) is 90.0 Å². The lowest BCUT2D eigenvalue weighted by Gasteiger charge is -2.27. The Hall–Kier alpha value is -1.08. The van der Waals surface area contributed by atoms with Crippen LogP contribution in [-0.2, 0) is 16.6 Å². The lowest BCUT2D eigenvalue weighted by molar-refractivity contribution is 0.327. The molecule has 0 aliphatic heterocycles. The van der Waals surface area contributed by atoms with Crippen molar-refractivity contribution in [3.8, 4) is 0 Å². The molecule has 3 N–H and O–H groups in total. The molecule has 0 bridgehead atoms. The molecule has 114 valence electrons. The minimum atomic E-state index is -3.57. The summed E-state index contributed by atoms with van der Waals surface area (Å²) >= 11 is 0. The molecule has 0 aromatic carbocycles. The number of rotatable bonds is 5. The summed E-state index contributed by atoms with van der Waals surface area (Å²) in [5.41, 5.74) is 5.74. The first-order valence-electron chi connectivity index (χ1n) is 7.27. The van der Waals surface area contributed by atoms with Crippen LogP contribution in [0.2, 0.25) is 0 Å². The fourth-order valence-corrected chi connectivity index (χ4v) is 4.15. The van der Waals surface area contributed by atoms with Crippen molar-refractivity contribution in [2.45, 2.75) is 63.4 Å². The Bertz CT molecular complexity index is 553. The van der Waals surface area contributed by atoms with E-state index < -0.39 is 10.0 Å². The summed E-state index contributed by atoms with van der Waals surface area (Å²) in [6.07, 6.45) is 6.43. The molecule has 6 nitrogen and oxygen atoms in total. The largest absolute Gasteiger partial charge is 0.381 e. The van der Waals surface area contributed by atoms with Crippen LogP contribution in [0.4, 0.5) is 5.82 Å². The van der Waals surface area contributed by atoms with Crippen molar-refractivity contribution < 1.29 is 8.42 Å². The standard InChI is InChI=1S/C13H24N4O2S/c1-3-7-17-9-12(13(14)15-17)20(18,19)16-11-6-4-5-10(2)8-11/h9-11,16H,3-8H2,1-2H3,(H2,14,15). The van der Waals surface area contributed by atoms with Gasteiger partial charge in [-0.1, -0.05) is 26.7 Å². The van der Waals surface area contributed by atoms with Crippen LogP contribution in [0.5, 0.6) is 0 Å². The Morgan fingerprint density at radius 3 is 2.90 bits per heavy atom. The van der Waals surface area contributed by atoms with E-state index in [1.165, 1.54) is 12.6 Å². The fraction of sp³-hybridized carbons (Fsp3) is 0.769. The molecule has 1 heterocycles. The van der Waals surface area contributed by atoms with E-state index in [-0.39, 0.29) is 16.8 Å². The summed E-state index contributed by atoms with van der Waals surface area (Å²) < 4.78 is 29.2. The zero-order valence-corrected chi connectivity index (χ0v) is 13.0. The molecular formula is C13H24N4O2S. The monoisotopic (exact) mass is 300 g/mol. The molecule has 1 aromatic rings. The highest BCUT2D eigenvalue weighted by atomic mass is 32.2. The highest BCUT2D eigenvalue weighted by molar-refractivity contribution is 7.89. The quantitative estimate of drug-likeness (QED) is 0.866. The number of aromatic nitrogens is 2. The average molecular weight is 300 g/mol. The maximum absolute atomic E-state index is 12.4. The number of hydrogen-bond acceptors (Lipinski definition) is 4. The molecule has 1 aliphatic rings. The van der Waals surface area contributed by atoms with Crippen LogP contribution in [0.3, 0.4) is 0 Å². The first-order chi connectivity index (χ1) is 9.42. The van der Waals surface area contributed by atoms with Crippen LogP contribution in [0.15, 0.2) is 11.1 Å². The number of nitrogens with zero attached hydrogens (tertiary/aromatic N) is 2. The Morgan fingerprint density at radius 2 is 2.25 bits per heavy atom. The first-order valence-corrected chi connectivity index (χ1v) is 8.76. The molecule has 1 aliphatic carbocycles. The zero-order chi connectivity index (χ0) is 14.8. The van der Waals surface area contributed by atoms with Gasteiger partial charge in [0.15, 0.2) is 5.82 Å². The molecule has 1 fully saturated rings. The number of nitrogens with two attached hydrogens (primary N) is 1. The molecule has 0 spiro atoms. The number of nitrogens with one attached hydrogen (secondary N) is 1. The lowest BCUT2D eigenvalue weighted by atomic mass is 9.88. The summed E-state index contributed by atoms with van der Waals surface area (Å²) in [6.45, 7) is 4.84. The number of anilines is 1. The number of aryl methyl sites for hydroxylation is 1. The van der Waals surface area contributed by atoms with Crippen LogP contribution < -0.4 is 10.5 Å². The van der Waals surface area contributed by atoms with Crippen LogP contribution in [0, 0.1) is 5.92 Å². The van der Waals surface area contributed by atoms with Crippen LogP contribution in [0.1, 0.15) is 46.0 Å². The molecule has 0 radical (unpaired) electrons. The first kappa shape index (κ1) is 15.3. The average Bonchev–Trinajstić information content (AvgIpc) is 2.71. The van der Waals surface area contributed by atoms with E-state index in [1.54, 1.807) is 4.68 Å². The van der Waals surface area contributed by atoms with Gasteiger partial charge in [-0.2, -0.15) is 5.10 Å². The molecule has 20 heavy (non-hydrogen) atoms. The van der Waals surface area contributed by atoms with Gasteiger partial charge in [-0.15, -0.1) is 0 Å². The fourth-order valence-electron chi connectivity index (χ4n) is 2.79. The van der Waals surface area contributed by atoms with Crippen LogP contribution >= 0.6 is 0 Å². The Morgan fingerprint density at radius 1 is 1.50 bits per heavy atom. The Kier molecular flexibility index (Phi) is 4.70. The number of nitrogen functional groups attached to an aromatic ring is 1. The highest BCUT2D eigenvalue weighted by Gasteiger charge is 2.27. The van der Waals surface area contributed by atoms with Crippen LogP contribution in [-0.4, -0.2) is 24.2 Å². The minimum absolute atomic E-state index is 0.0117. The van der Waals surface area contributed by atoms with Crippen molar-refractivity contribution in [2.24, 2.45) is 5.92 Å². The van der Waals surface area contributed by atoms with E-state index in [2.05, 4.69) is 16.7 Å². The van der Waals surface area contributed by atoms with Crippen molar-refractivity contribution in [2.75, 3.05) is 5.73 Å². The van der Waals surface area contributed by atoms with E-state index in [9.17, 15) is 8.42 Å². The van der Waals surface area contributed by atoms with Gasteiger partial charge in [-0.05, 0) is 25.2 Å². The Labute approximate surface area is 120 Å². The van der Waals surface area contributed by atoms with E-state index in [0.29, 0.717) is 12.5 Å². The predicted molar refractivity (Wildman–Crippen MR) is 78.7 cm³/mol. The second-order valence-corrected chi connectivity index (χ2v) is 7.41. The molecule has 0 amide bonds. The van der Waals surface area contributed by atoms with Crippen molar-refractivity contribution in [3.63, 3.8) is 0 Å². The van der Waals surface area contributed by atoms with E-state index >= 15 is 0 Å². The summed E-state index contributed by atoms with van der Waals surface area (Å²) in [5.74, 6) is 0.645. The number of hydrogen-bond donors (Lipinski definition) is 2. The van der Waals surface area contributed by atoms with Crippen molar-refractivity contribution in [1.82, 2.24) is 14.5 Å². The molecule has 2 atom stereocenters. The van der Waals surface area contributed by atoms with Gasteiger partial charge in [0.05, 0.1) is 0 Å². The second-order valence-electron chi connectivity index (χ2n) is 5.73. The van der Waals surface area contributed by atoms with E-state index in [1.807, 2.05) is 6.92 Å². The second kappa shape index (κ2) is 6.13. The van der Waals surface area contributed by atoms with Gasteiger partial charge in [0.2, 0.25) is 10.0 Å². The van der Waals surface area contributed by atoms with Gasteiger partial charge < -0.3 is 5.73 Å². The predicted octanol–water partition coefficient (Wildman–Crippen LogP) is 1.73. The van der Waals surface area contributed by atoms with E-state index in [0.717, 1.165) is 25.7 Å². The molecular weight excluding hydrogens is 276 g/mol. The van der Waals surface area contributed by atoms with Gasteiger partial charge in [-0.25, -0.2) is 13.1 Å². The molecule has 7 heteroatoms. The third-order valence-corrected chi connectivity index (χ3v) is 5.29. The molecule has 2 unspecified atom stereocenters. The van der Waals surface area contributed by atoms with Gasteiger partial charge in [-0.3, -0.25) is 4.68 Å². The molecule has 2 rings (SSSR count). The van der Waals surface area contributed by atoms with Gasteiger partial charge in [0, 0.05) is 18.8 Å². The summed E-state index contributed by atoms with van der Waals surface area (Å²) in [5, 5.41) is 4.05. The smallest absolute Gasteiger partial charge is 0.246 e. The number of sulfonamides is 1. The molecule has 1 saturated carbocycles. The summed E-state index contributed by atoms with van der Waals surface area (Å²) in [6, 6.07) is 0.0117. The van der Waals surface area contributed by atoms with Gasteiger partial charge >= 0.3 is 0 Å². The van der Waals surface area contributed by atoms with Crippen molar-refractivity contribution >= 4 is 15.8 Å². The summed E-state index contributed by atoms with van der Waals surface area (Å²) in [7, 11) is -3.57. The van der Waals surface area contributed by atoms with Crippen molar-refractivity contribution in [1.29, 1.82) is 0 Å².